The number of rotatable bonds is 3. The van der Waals surface area contributed by atoms with E-state index in [1.165, 1.54) is 30.3 Å². The van der Waals surface area contributed by atoms with Gasteiger partial charge in [-0.1, -0.05) is 12.1 Å². The minimum absolute atomic E-state index is 0.202. The zero-order valence-electron chi connectivity index (χ0n) is 17.2. The Morgan fingerprint density at radius 1 is 1.15 bits per heavy atom. The van der Waals surface area contributed by atoms with Crippen LogP contribution in [-0.4, -0.2) is 26.1 Å². The topological polar surface area (TPSA) is 84.8 Å². The number of H-pyrrole nitrogens is 1. The molecule has 11 heteroatoms. The molecule has 0 amide bonds. The summed E-state index contributed by atoms with van der Waals surface area (Å²) in [6, 6.07) is 9.40. The highest BCUT2D eigenvalue weighted by atomic mass is 19.4. The molecule has 0 spiro atoms. The van der Waals surface area contributed by atoms with E-state index in [2.05, 4.69) is 25.1 Å². The van der Waals surface area contributed by atoms with Crippen LogP contribution in [-0.2, 0) is 13.1 Å². The molecule has 1 aliphatic rings. The van der Waals surface area contributed by atoms with Crippen LogP contribution >= 0.6 is 0 Å². The summed E-state index contributed by atoms with van der Waals surface area (Å²) in [5, 5.41) is 8.07. The maximum Gasteiger partial charge on any atom is 0.573 e. The van der Waals surface area contributed by atoms with Gasteiger partial charge in [-0.25, -0.2) is 14.1 Å². The Balaban J connectivity index is 1.43. The van der Waals surface area contributed by atoms with E-state index < -0.39 is 12.2 Å². The van der Waals surface area contributed by atoms with Crippen LogP contribution in [0.25, 0.3) is 22.4 Å². The molecule has 0 radical (unpaired) electrons. The molecule has 170 valence electrons. The Kier molecular flexibility index (Phi) is 4.93. The van der Waals surface area contributed by atoms with Crippen molar-refractivity contribution in [3.8, 4) is 17.3 Å². The quantitative estimate of drug-likeness (QED) is 0.453. The number of ether oxygens (including phenoxy) is 1. The SMILES string of the molecule is Cc1c(-c2nc3n(n2)CC(c2ccc(OC(F)(F)F)cc2)NC3)[nH]c2ccc(F)cc2c1=O. The van der Waals surface area contributed by atoms with Gasteiger partial charge in [0.25, 0.3) is 0 Å². The molecule has 0 fully saturated rings. The number of alkyl halides is 3. The fourth-order valence-corrected chi connectivity index (χ4v) is 3.92. The van der Waals surface area contributed by atoms with E-state index in [0.29, 0.717) is 41.5 Å². The van der Waals surface area contributed by atoms with E-state index in [-0.39, 0.29) is 22.6 Å². The number of hydrogen-bond acceptors (Lipinski definition) is 5. The smallest absolute Gasteiger partial charge is 0.406 e. The molecule has 1 unspecified atom stereocenters. The van der Waals surface area contributed by atoms with Gasteiger partial charge in [0.2, 0.25) is 0 Å². The summed E-state index contributed by atoms with van der Waals surface area (Å²) in [7, 11) is 0. The molecular formula is C22H17F4N5O2. The summed E-state index contributed by atoms with van der Waals surface area (Å²) in [4.78, 5) is 20.4. The molecule has 7 nitrogen and oxygen atoms in total. The first kappa shape index (κ1) is 21.1. The third kappa shape index (κ3) is 4.07. The van der Waals surface area contributed by atoms with Crippen LogP contribution in [0.1, 0.15) is 23.0 Å². The minimum atomic E-state index is -4.74. The lowest BCUT2D eigenvalue weighted by atomic mass is 10.1. The van der Waals surface area contributed by atoms with Gasteiger partial charge in [0, 0.05) is 10.9 Å². The zero-order valence-corrected chi connectivity index (χ0v) is 17.2. The van der Waals surface area contributed by atoms with E-state index in [1.54, 1.807) is 23.7 Å². The van der Waals surface area contributed by atoms with Crippen LogP contribution in [0.5, 0.6) is 5.75 Å². The molecular weight excluding hydrogens is 442 g/mol. The van der Waals surface area contributed by atoms with E-state index >= 15 is 0 Å². The Morgan fingerprint density at radius 3 is 2.64 bits per heavy atom. The highest BCUT2D eigenvalue weighted by Crippen LogP contribution is 2.27. The van der Waals surface area contributed by atoms with Crippen LogP contribution in [0.2, 0.25) is 0 Å². The van der Waals surface area contributed by atoms with E-state index in [1.807, 2.05) is 0 Å². The van der Waals surface area contributed by atoms with Crippen LogP contribution in [0.4, 0.5) is 17.6 Å². The molecule has 0 saturated heterocycles. The number of nitrogens with zero attached hydrogens (tertiary/aromatic N) is 3. The molecule has 0 aliphatic carbocycles. The Hall–Kier alpha value is -3.73. The Labute approximate surface area is 184 Å². The van der Waals surface area contributed by atoms with Crippen LogP contribution < -0.4 is 15.5 Å². The van der Waals surface area contributed by atoms with E-state index in [9.17, 15) is 22.4 Å². The van der Waals surface area contributed by atoms with Crippen molar-refractivity contribution in [1.82, 2.24) is 25.1 Å². The lowest BCUT2D eigenvalue weighted by Crippen LogP contribution is -2.32. The lowest BCUT2D eigenvalue weighted by Gasteiger charge is -2.24. The summed E-state index contributed by atoms with van der Waals surface area (Å²) < 4.78 is 56.3. The molecule has 0 saturated carbocycles. The highest BCUT2D eigenvalue weighted by molar-refractivity contribution is 5.82. The molecule has 2 aromatic carbocycles. The Bertz CT molecular complexity index is 1410. The molecule has 33 heavy (non-hydrogen) atoms. The summed E-state index contributed by atoms with van der Waals surface area (Å²) in [5.74, 6) is 0.201. The van der Waals surface area contributed by atoms with Gasteiger partial charge in [-0.2, -0.15) is 0 Å². The average Bonchev–Trinajstić information content (AvgIpc) is 3.19. The predicted octanol–water partition coefficient (Wildman–Crippen LogP) is 3.98. The van der Waals surface area contributed by atoms with Crippen molar-refractivity contribution in [3.63, 3.8) is 0 Å². The van der Waals surface area contributed by atoms with Gasteiger partial charge < -0.3 is 15.0 Å². The molecule has 1 aliphatic heterocycles. The zero-order chi connectivity index (χ0) is 23.3. The van der Waals surface area contributed by atoms with Gasteiger partial charge in [0.05, 0.1) is 30.3 Å². The number of nitrogens with one attached hydrogen (secondary N) is 2. The first-order valence-corrected chi connectivity index (χ1v) is 10.0. The normalized spacial score (nSPS) is 16.1. The van der Waals surface area contributed by atoms with Crippen molar-refractivity contribution in [1.29, 1.82) is 0 Å². The van der Waals surface area contributed by atoms with Gasteiger partial charge >= 0.3 is 6.36 Å². The number of aromatic amines is 1. The summed E-state index contributed by atoms with van der Waals surface area (Å²) >= 11 is 0. The monoisotopic (exact) mass is 459 g/mol. The van der Waals surface area contributed by atoms with Crippen LogP contribution in [0.15, 0.2) is 47.3 Å². The summed E-state index contributed by atoms with van der Waals surface area (Å²) in [6.07, 6.45) is -4.74. The number of hydrogen-bond donors (Lipinski definition) is 2. The van der Waals surface area contributed by atoms with E-state index in [0.717, 1.165) is 5.56 Å². The molecule has 3 heterocycles. The highest BCUT2D eigenvalue weighted by Gasteiger charge is 2.31. The first-order valence-electron chi connectivity index (χ1n) is 10.0. The van der Waals surface area contributed by atoms with Crippen molar-refractivity contribution in [2.75, 3.05) is 0 Å². The fraction of sp³-hybridized carbons (Fsp3) is 0.227. The largest absolute Gasteiger partial charge is 0.573 e. The third-order valence-corrected chi connectivity index (χ3v) is 5.55. The summed E-state index contributed by atoms with van der Waals surface area (Å²) in [5.41, 5.74) is 1.77. The number of benzene rings is 2. The second-order valence-electron chi connectivity index (χ2n) is 7.73. The van der Waals surface area contributed by atoms with Crippen molar-refractivity contribution >= 4 is 10.9 Å². The van der Waals surface area contributed by atoms with Gasteiger partial charge in [-0.3, -0.25) is 4.79 Å². The number of halogens is 4. The maximum absolute atomic E-state index is 13.6. The number of pyridine rings is 1. The molecule has 4 aromatic rings. The standard InChI is InChI=1S/C22H17F4N5O2/c1-11-19(28-16-7-4-13(23)8-15(16)20(11)32)21-29-18-9-27-17(10-31(18)30-21)12-2-5-14(6-3-12)33-22(24,25)26/h2-8,17,27H,9-10H2,1H3,(H,28,32). The summed E-state index contributed by atoms with van der Waals surface area (Å²) in [6.45, 7) is 2.40. The number of aromatic nitrogens is 4. The third-order valence-electron chi connectivity index (χ3n) is 5.55. The molecule has 2 N–H and O–H groups in total. The van der Waals surface area contributed by atoms with Crippen molar-refractivity contribution in [2.24, 2.45) is 0 Å². The maximum atomic E-state index is 13.6. The van der Waals surface area contributed by atoms with Crippen molar-refractivity contribution in [2.45, 2.75) is 32.4 Å². The predicted molar refractivity (Wildman–Crippen MR) is 111 cm³/mol. The molecule has 0 bridgehead atoms. The average molecular weight is 459 g/mol. The van der Waals surface area contributed by atoms with Crippen molar-refractivity contribution < 1.29 is 22.3 Å². The molecule has 1 atom stereocenters. The first-order chi connectivity index (χ1) is 15.7. The number of fused-ring (bicyclic) bond motifs is 2. The Morgan fingerprint density at radius 2 is 1.91 bits per heavy atom. The van der Waals surface area contributed by atoms with E-state index in [4.69, 9.17) is 0 Å². The fourth-order valence-electron chi connectivity index (χ4n) is 3.92. The molecule has 2 aromatic heterocycles. The van der Waals surface area contributed by atoms with Crippen molar-refractivity contribution in [3.05, 3.63) is 75.5 Å². The minimum Gasteiger partial charge on any atom is -0.406 e. The van der Waals surface area contributed by atoms with Crippen LogP contribution in [0.3, 0.4) is 0 Å². The second-order valence-corrected chi connectivity index (χ2v) is 7.73. The van der Waals surface area contributed by atoms with Gasteiger partial charge in [-0.15, -0.1) is 18.3 Å². The van der Waals surface area contributed by atoms with Gasteiger partial charge in [0.1, 0.15) is 17.4 Å². The molecule has 5 rings (SSSR count). The van der Waals surface area contributed by atoms with Gasteiger partial charge in [0.15, 0.2) is 11.3 Å². The van der Waals surface area contributed by atoms with Crippen LogP contribution in [0, 0.1) is 12.7 Å². The van der Waals surface area contributed by atoms with Gasteiger partial charge in [-0.05, 0) is 42.8 Å². The second kappa shape index (κ2) is 7.69. The lowest BCUT2D eigenvalue weighted by molar-refractivity contribution is -0.274.